The van der Waals surface area contributed by atoms with Gasteiger partial charge < -0.3 is 20.1 Å². The van der Waals surface area contributed by atoms with E-state index in [9.17, 15) is 4.79 Å². The minimum Gasteiger partial charge on any atom is -0.497 e. The summed E-state index contributed by atoms with van der Waals surface area (Å²) in [5, 5.41) is 8.91. The van der Waals surface area contributed by atoms with Gasteiger partial charge in [0, 0.05) is 18.5 Å². The molecule has 0 aliphatic rings. The standard InChI is InChI=1S/C24H28N2O3/c1-17(15-24(27)26-22-12-11-20(28-2)16-23(22)29-3)25-14-13-19-9-6-8-18-7-4-5-10-21(18)19/h4-12,16-17,25H,13-15H2,1-3H3,(H,26,27). The molecule has 0 bridgehead atoms. The summed E-state index contributed by atoms with van der Waals surface area (Å²) >= 11 is 0. The third-order valence-electron chi connectivity index (χ3n) is 4.94. The van der Waals surface area contributed by atoms with Crippen molar-refractivity contribution in [3.63, 3.8) is 0 Å². The van der Waals surface area contributed by atoms with Crippen molar-refractivity contribution in [2.45, 2.75) is 25.8 Å². The van der Waals surface area contributed by atoms with E-state index in [2.05, 4.69) is 53.1 Å². The smallest absolute Gasteiger partial charge is 0.226 e. The van der Waals surface area contributed by atoms with Crippen LogP contribution in [0.5, 0.6) is 11.5 Å². The lowest BCUT2D eigenvalue weighted by atomic mass is 10.0. The molecule has 0 spiro atoms. The van der Waals surface area contributed by atoms with Gasteiger partial charge in [-0.25, -0.2) is 0 Å². The molecule has 0 heterocycles. The fourth-order valence-corrected chi connectivity index (χ4v) is 3.42. The molecule has 1 unspecified atom stereocenters. The molecule has 5 nitrogen and oxygen atoms in total. The fourth-order valence-electron chi connectivity index (χ4n) is 3.42. The highest BCUT2D eigenvalue weighted by Crippen LogP contribution is 2.29. The third kappa shape index (κ3) is 5.48. The molecule has 152 valence electrons. The zero-order chi connectivity index (χ0) is 20.6. The Morgan fingerprint density at radius 1 is 1.00 bits per heavy atom. The maximum Gasteiger partial charge on any atom is 0.226 e. The minimum absolute atomic E-state index is 0.0568. The lowest BCUT2D eigenvalue weighted by molar-refractivity contribution is -0.116. The van der Waals surface area contributed by atoms with Crippen molar-refractivity contribution in [2.24, 2.45) is 0 Å². The van der Waals surface area contributed by atoms with Gasteiger partial charge in [-0.2, -0.15) is 0 Å². The Morgan fingerprint density at radius 3 is 2.59 bits per heavy atom. The second-order valence-electron chi connectivity index (χ2n) is 7.06. The van der Waals surface area contributed by atoms with Crippen LogP contribution in [0.25, 0.3) is 10.8 Å². The molecule has 0 fully saturated rings. The van der Waals surface area contributed by atoms with Crippen molar-refractivity contribution in [3.8, 4) is 11.5 Å². The largest absolute Gasteiger partial charge is 0.497 e. The van der Waals surface area contributed by atoms with Crippen LogP contribution < -0.4 is 20.1 Å². The summed E-state index contributed by atoms with van der Waals surface area (Å²) in [6.07, 6.45) is 1.30. The summed E-state index contributed by atoms with van der Waals surface area (Å²) in [6.45, 7) is 2.84. The molecule has 3 aromatic rings. The van der Waals surface area contributed by atoms with E-state index in [1.807, 2.05) is 6.92 Å². The Labute approximate surface area is 172 Å². The van der Waals surface area contributed by atoms with Crippen molar-refractivity contribution in [1.82, 2.24) is 5.32 Å². The van der Waals surface area contributed by atoms with Crippen molar-refractivity contribution < 1.29 is 14.3 Å². The number of carbonyl (C=O) groups is 1. The summed E-state index contributed by atoms with van der Waals surface area (Å²) in [5.74, 6) is 1.20. The molecule has 0 saturated heterocycles. The molecule has 0 aliphatic carbocycles. The summed E-state index contributed by atoms with van der Waals surface area (Å²) in [7, 11) is 3.17. The number of ether oxygens (including phenoxy) is 2. The first-order valence-corrected chi connectivity index (χ1v) is 9.82. The summed E-state index contributed by atoms with van der Waals surface area (Å²) in [5.41, 5.74) is 1.96. The quantitative estimate of drug-likeness (QED) is 0.566. The topological polar surface area (TPSA) is 59.6 Å². The number of carbonyl (C=O) groups excluding carboxylic acids is 1. The zero-order valence-electron chi connectivity index (χ0n) is 17.2. The van der Waals surface area contributed by atoms with Gasteiger partial charge in [0.2, 0.25) is 5.91 Å². The highest BCUT2D eigenvalue weighted by molar-refractivity contribution is 5.92. The average Bonchev–Trinajstić information content (AvgIpc) is 2.74. The summed E-state index contributed by atoms with van der Waals surface area (Å²) in [4.78, 5) is 12.4. The van der Waals surface area contributed by atoms with Gasteiger partial charge in [-0.1, -0.05) is 42.5 Å². The van der Waals surface area contributed by atoms with E-state index in [1.165, 1.54) is 16.3 Å². The Bertz CT molecular complexity index is 966. The van der Waals surface area contributed by atoms with E-state index in [0.29, 0.717) is 23.6 Å². The monoisotopic (exact) mass is 392 g/mol. The van der Waals surface area contributed by atoms with Crippen molar-refractivity contribution >= 4 is 22.4 Å². The highest BCUT2D eigenvalue weighted by Gasteiger charge is 2.12. The van der Waals surface area contributed by atoms with Gasteiger partial charge in [0.1, 0.15) is 11.5 Å². The molecule has 2 N–H and O–H groups in total. The third-order valence-corrected chi connectivity index (χ3v) is 4.94. The molecule has 29 heavy (non-hydrogen) atoms. The molecular weight excluding hydrogens is 364 g/mol. The molecule has 0 aliphatic heterocycles. The predicted octanol–water partition coefficient (Wildman–Crippen LogP) is 4.41. The molecule has 5 heteroatoms. The second kappa shape index (κ2) is 9.94. The maximum absolute atomic E-state index is 12.4. The van der Waals surface area contributed by atoms with Crippen molar-refractivity contribution in [2.75, 3.05) is 26.1 Å². The molecule has 3 aromatic carbocycles. The number of benzene rings is 3. The van der Waals surface area contributed by atoms with Gasteiger partial charge in [0.05, 0.1) is 19.9 Å². The van der Waals surface area contributed by atoms with Crippen LogP contribution in [0.15, 0.2) is 60.7 Å². The van der Waals surface area contributed by atoms with Gasteiger partial charge in [0.15, 0.2) is 0 Å². The van der Waals surface area contributed by atoms with Gasteiger partial charge in [-0.15, -0.1) is 0 Å². The van der Waals surface area contributed by atoms with Crippen LogP contribution in [0.3, 0.4) is 0 Å². The number of nitrogens with one attached hydrogen (secondary N) is 2. The van der Waals surface area contributed by atoms with Crippen LogP contribution in [0.2, 0.25) is 0 Å². The van der Waals surface area contributed by atoms with Crippen LogP contribution in [0, 0.1) is 0 Å². The van der Waals surface area contributed by atoms with E-state index in [0.717, 1.165) is 13.0 Å². The first kappa shape index (κ1) is 20.7. The number of methoxy groups -OCH3 is 2. The van der Waals surface area contributed by atoms with E-state index < -0.39 is 0 Å². The normalized spacial score (nSPS) is 11.8. The molecular formula is C24H28N2O3. The summed E-state index contributed by atoms with van der Waals surface area (Å²) in [6, 6.07) is 20.2. The van der Waals surface area contributed by atoms with E-state index in [-0.39, 0.29) is 11.9 Å². The van der Waals surface area contributed by atoms with E-state index >= 15 is 0 Å². The molecule has 0 aromatic heterocycles. The predicted molar refractivity (Wildman–Crippen MR) is 118 cm³/mol. The van der Waals surface area contributed by atoms with Crippen molar-refractivity contribution in [1.29, 1.82) is 0 Å². The molecule has 3 rings (SSSR count). The lowest BCUT2D eigenvalue weighted by Crippen LogP contribution is -2.32. The number of rotatable bonds is 9. The van der Waals surface area contributed by atoms with E-state index in [4.69, 9.17) is 9.47 Å². The van der Waals surface area contributed by atoms with Crippen LogP contribution in [-0.4, -0.2) is 32.7 Å². The Balaban J connectivity index is 1.50. The van der Waals surface area contributed by atoms with Gasteiger partial charge in [-0.3, -0.25) is 4.79 Å². The molecule has 1 amide bonds. The number of amides is 1. The number of hydrogen-bond acceptors (Lipinski definition) is 4. The number of anilines is 1. The first-order valence-electron chi connectivity index (χ1n) is 9.82. The van der Waals surface area contributed by atoms with Crippen LogP contribution in [0.4, 0.5) is 5.69 Å². The number of fused-ring (bicyclic) bond motifs is 1. The SMILES string of the molecule is COc1ccc(NC(=O)CC(C)NCCc2cccc3ccccc23)c(OC)c1. The minimum atomic E-state index is -0.0568. The van der Waals surface area contributed by atoms with E-state index in [1.54, 1.807) is 32.4 Å². The molecule has 0 radical (unpaired) electrons. The van der Waals surface area contributed by atoms with Gasteiger partial charge >= 0.3 is 0 Å². The van der Waals surface area contributed by atoms with Gasteiger partial charge in [-0.05, 0) is 48.4 Å². The Hall–Kier alpha value is -3.05. The van der Waals surface area contributed by atoms with Gasteiger partial charge in [0.25, 0.3) is 0 Å². The van der Waals surface area contributed by atoms with Crippen molar-refractivity contribution in [3.05, 3.63) is 66.2 Å². The van der Waals surface area contributed by atoms with Crippen LogP contribution in [0.1, 0.15) is 18.9 Å². The van der Waals surface area contributed by atoms with Crippen LogP contribution >= 0.6 is 0 Å². The zero-order valence-corrected chi connectivity index (χ0v) is 17.2. The lowest BCUT2D eigenvalue weighted by Gasteiger charge is -2.16. The molecule has 0 saturated carbocycles. The molecule has 1 atom stereocenters. The van der Waals surface area contributed by atoms with Crippen LogP contribution in [-0.2, 0) is 11.2 Å². The fraction of sp³-hybridized carbons (Fsp3) is 0.292. The average molecular weight is 392 g/mol. The highest BCUT2D eigenvalue weighted by atomic mass is 16.5. The Morgan fingerprint density at radius 2 is 1.79 bits per heavy atom. The maximum atomic E-state index is 12.4. The summed E-state index contributed by atoms with van der Waals surface area (Å²) < 4.78 is 10.5. The Kier molecular flexibility index (Phi) is 7.09. The second-order valence-corrected chi connectivity index (χ2v) is 7.06. The number of hydrogen-bond donors (Lipinski definition) is 2. The first-order chi connectivity index (χ1) is 14.1.